The topological polar surface area (TPSA) is 21.3 Å². The van der Waals surface area contributed by atoms with E-state index < -0.39 is 0 Å². The Morgan fingerprint density at radius 2 is 2.00 bits per heavy atom. The molecule has 1 heterocycles. The van der Waals surface area contributed by atoms with Crippen LogP contribution in [0.25, 0.3) is 0 Å². The molecule has 2 heteroatoms. The molecule has 1 aliphatic carbocycles. The van der Waals surface area contributed by atoms with Gasteiger partial charge in [-0.3, -0.25) is 0 Å². The van der Waals surface area contributed by atoms with Crippen molar-refractivity contribution in [2.75, 3.05) is 13.2 Å². The zero-order valence-electron chi connectivity index (χ0n) is 10.9. The van der Waals surface area contributed by atoms with Crippen molar-refractivity contribution < 1.29 is 4.74 Å². The van der Waals surface area contributed by atoms with E-state index in [0.717, 1.165) is 31.0 Å². The fraction of sp³-hybridized carbons (Fsp3) is 1.00. The molecule has 1 saturated heterocycles. The lowest BCUT2D eigenvalue weighted by Gasteiger charge is -2.35. The van der Waals surface area contributed by atoms with Crippen LogP contribution in [0.1, 0.15) is 52.4 Å². The smallest absolute Gasteiger partial charge is 0.0588 e. The number of hydrogen-bond acceptors (Lipinski definition) is 2. The Morgan fingerprint density at radius 1 is 1.12 bits per heavy atom. The summed E-state index contributed by atoms with van der Waals surface area (Å²) in [7, 11) is 0. The molecule has 0 aromatic heterocycles. The molecule has 1 aliphatic heterocycles. The van der Waals surface area contributed by atoms with Crippen molar-refractivity contribution in [2.45, 2.75) is 64.5 Å². The van der Waals surface area contributed by atoms with E-state index >= 15 is 0 Å². The molecule has 2 rings (SSSR count). The molecule has 0 radical (unpaired) electrons. The van der Waals surface area contributed by atoms with Gasteiger partial charge in [-0.1, -0.05) is 26.7 Å². The Kier molecular flexibility index (Phi) is 4.66. The van der Waals surface area contributed by atoms with Crippen molar-refractivity contribution >= 4 is 0 Å². The van der Waals surface area contributed by atoms with Crippen LogP contribution in [0.4, 0.5) is 0 Å². The van der Waals surface area contributed by atoms with Gasteiger partial charge in [0.1, 0.15) is 0 Å². The normalized spacial score (nSPS) is 40.1. The Balaban J connectivity index is 1.64. The maximum Gasteiger partial charge on any atom is 0.0588 e. The van der Waals surface area contributed by atoms with Crippen LogP contribution in [0.15, 0.2) is 0 Å². The van der Waals surface area contributed by atoms with Gasteiger partial charge in [0, 0.05) is 12.6 Å². The lowest BCUT2D eigenvalue weighted by atomic mass is 9.78. The summed E-state index contributed by atoms with van der Waals surface area (Å²) in [5.41, 5.74) is 0. The second-order valence-corrected chi connectivity index (χ2v) is 5.75. The maximum atomic E-state index is 5.65. The van der Waals surface area contributed by atoms with Crippen molar-refractivity contribution in [2.24, 2.45) is 11.8 Å². The van der Waals surface area contributed by atoms with Crippen LogP contribution in [0.3, 0.4) is 0 Å². The third kappa shape index (κ3) is 3.21. The molecule has 0 spiro atoms. The third-order valence-corrected chi connectivity index (χ3v) is 4.60. The Hall–Kier alpha value is -0.0800. The predicted octanol–water partition coefficient (Wildman–Crippen LogP) is 2.97. The zero-order chi connectivity index (χ0) is 11.4. The first kappa shape index (κ1) is 12.4. The highest BCUT2D eigenvalue weighted by atomic mass is 16.5. The van der Waals surface area contributed by atoms with E-state index in [-0.39, 0.29) is 0 Å². The summed E-state index contributed by atoms with van der Waals surface area (Å²) in [5.74, 6) is 1.74. The van der Waals surface area contributed by atoms with Gasteiger partial charge in [-0.2, -0.15) is 0 Å². The second kappa shape index (κ2) is 6.02. The summed E-state index contributed by atoms with van der Waals surface area (Å²) in [5, 5.41) is 3.75. The molecule has 0 aromatic rings. The van der Waals surface area contributed by atoms with Gasteiger partial charge in [0.05, 0.1) is 6.10 Å². The molecule has 2 fully saturated rings. The highest BCUT2D eigenvalue weighted by molar-refractivity contribution is 4.82. The molecule has 0 aromatic carbocycles. The van der Waals surface area contributed by atoms with Gasteiger partial charge in [0.2, 0.25) is 0 Å². The summed E-state index contributed by atoms with van der Waals surface area (Å²) in [4.78, 5) is 0. The Bertz CT molecular complexity index is 201. The molecule has 16 heavy (non-hydrogen) atoms. The van der Waals surface area contributed by atoms with E-state index in [0.29, 0.717) is 6.10 Å². The van der Waals surface area contributed by atoms with Gasteiger partial charge >= 0.3 is 0 Å². The molecular weight excluding hydrogens is 198 g/mol. The van der Waals surface area contributed by atoms with Gasteiger partial charge in [-0.05, 0) is 44.1 Å². The number of hydrogen-bond donors (Lipinski definition) is 1. The summed E-state index contributed by atoms with van der Waals surface area (Å²) in [6.07, 6.45) is 8.49. The highest BCUT2D eigenvalue weighted by Crippen LogP contribution is 2.29. The van der Waals surface area contributed by atoms with E-state index in [4.69, 9.17) is 4.74 Å². The van der Waals surface area contributed by atoms with Crippen LogP contribution >= 0.6 is 0 Å². The largest absolute Gasteiger partial charge is 0.378 e. The summed E-state index contributed by atoms with van der Waals surface area (Å²) < 4.78 is 5.65. The third-order valence-electron chi connectivity index (χ3n) is 4.60. The van der Waals surface area contributed by atoms with Gasteiger partial charge in [-0.15, -0.1) is 0 Å². The Labute approximate surface area is 100 Å². The second-order valence-electron chi connectivity index (χ2n) is 5.75. The molecule has 94 valence electrons. The van der Waals surface area contributed by atoms with Crippen LogP contribution in [0.5, 0.6) is 0 Å². The minimum Gasteiger partial charge on any atom is -0.378 e. The molecule has 2 nitrogen and oxygen atoms in total. The molecule has 1 saturated carbocycles. The lowest BCUT2D eigenvalue weighted by Crippen LogP contribution is -2.41. The standard InChI is InChI=1S/C14H27NO/c1-11-5-3-7-14(12(11)2)15-9-8-13-6-4-10-16-13/h11-15H,3-10H2,1-2H3. The van der Waals surface area contributed by atoms with Gasteiger partial charge in [-0.25, -0.2) is 0 Å². The van der Waals surface area contributed by atoms with Crippen LogP contribution in [-0.2, 0) is 4.74 Å². The van der Waals surface area contributed by atoms with E-state index in [1.807, 2.05) is 0 Å². The lowest BCUT2D eigenvalue weighted by molar-refractivity contribution is 0.101. The van der Waals surface area contributed by atoms with Crippen molar-refractivity contribution in [3.63, 3.8) is 0 Å². The summed E-state index contributed by atoms with van der Waals surface area (Å²) >= 11 is 0. The zero-order valence-corrected chi connectivity index (χ0v) is 10.9. The fourth-order valence-electron chi connectivity index (χ4n) is 3.17. The molecule has 0 amide bonds. The minimum absolute atomic E-state index is 0.545. The first-order chi connectivity index (χ1) is 7.77. The molecular formula is C14H27NO. The number of rotatable bonds is 4. The average Bonchev–Trinajstić information content (AvgIpc) is 2.77. The predicted molar refractivity (Wildman–Crippen MR) is 67.6 cm³/mol. The van der Waals surface area contributed by atoms with Crippen molar-refractivity contribution in [1.82, 2.24) is 5.32 Å². The molecule has 2 aliphatic rings. The highest BCUT2D eigenvalue weighted by Gasteiger charge is 2.26. The monoisotopic (exact) mass is 225 g/mol. The maximum absolute atomic E-state index is 5.65. The van der Waals surface area contributed by atoms with Crippen molar-refractivity contribution in [3.05, 3.63) is 0 Å². The van der Waals surface area contributed by atoms with Crippen molar-refractivity contribution in [3.8, 4) is 0 Å². The van der Waals surface area contributed by atoms with E-state index in [1.54, 1.807) is 0 Å². The summed E-state index contributed by atoms with van der Waals surface area (Å²) in [6, 6.07) is 0.755. The van der Waals surface area contributed by atoms with Crippen LogP contribution in [0.2, 0.25) is 0 Å². The quantitative estimate of drug-likeness (QED) is 0.794. The fourth-order valence-corrected chi connectivity index (χ4v) is 3.17. The number of ether oxygens (including phenoxy) is 1. The van der Waals surface area contributed by atoms with Crippen LogP contribution < -0.4 is 5.32 Å². The SMILES string of the molecule is CC1CCCC(NCCC2CCCO2)C1C. The van der Waals surface area contributed by atoms with Crippen LogP contribution in [0, 0.1) is 11.8 Å². The minimum atomic E-state index is 0.545. The molecule has 4 unspecified atom stereocenters. The van der Waals surface area contributed by atoms with E-state index in [1.165, 1.54) is 38.5 Å². The van der Waals surface area contributed by atoms with Crippen LogP contribution in [-0.4, -0.2) is 25.3 Å². The van der Waals surface area contributed by atoms with Gasteiger partial charge < -0.3 is 10.1 Å². The first-order valence-corrected chi connectivity index (χ1v) is 7.12. The van der Waals surface area contributed by atoms with Gasteiger partial charge in [0.15, 0.2) is 0 Å². The number of nitrogens with one attached hydrogen (secondary N) is 1. The molecule has 0 bridgehead atoms. The Morgan fingerprint density at radius 3 is 2.75 bits per heavy atom. The van der Waals surface area contributed by atoms with E-state index in [9.17, 15) is 0 Å². The van der Waals surface area contributed by atoms with Gasteiger partial charge in [0.25, 0.3) is 0 Å². The molecule has 4 atom stereocenters. The average molecular weight is 225 g/mol. The van der Waals surface area contributed by atoms with E-state index in [2.05, 4.69) is 19.2 Å². The summed E-state index contributed by atoms with van der Waals surface area (Å²) in [6.45, 7) is 6.94. The molecule has 1 N–H and O–H groups in total. The first-order valence-electron chi connectivity index (χ1n) is 7.12. The van der Waals surface area contributed by atoms with Crippen molar-refractivity contribution in [1.29, 1.82) is 0 Å².